The van der Waals surface area contributed by atoms with Crippen molar-refractivity contribution >= 4 is 35.2 Å². The van der Waals surface area contributed by atoms with Crippen molar-refractivity contribution in [2.75, 3.05) is 19.6 Å². The Morgan fingerprint density at radius 3 is 1.86 bits per heavy atom. The van der Waals surface area contributed by atoms with E-state index < -0.39 is 8.32 Å². The Labute approximate surface area is 182 Å². The summed E-state index contributed by atoms with van der Waals surface area (Å²) < 4.78 is 13.5. The molecule has 0 amide bonds. The van der Waals surface area contributed by atoms with Gasteiger partial charge in [-0.2, -0.15) is 0 Å². The average Bonchev–Trinajstić information content (AvgIpc) is 3.02. The number of furan rings is 1. The molecule has 0 unspecified atom stereocenters. The second kappa shape index (κ2) is 9.81. The van der Waals surface area contributed by atoms with Gasteiger partial charge < -0.3 is 13.7 Å². The summed E-state index contributed by atoms with van der Waals surface area (Å²) in [6.45, 7) is 27.7. The van der Waals surface area contributed by atoms with Gasteiger partial charge in [0, 0.05) is 4.47 Å². The average molecular weight is 471 g/mol. The van der Waals surface area contributed by atoms with Crippen molar-refractivity contribution in [3.63, 3.8) is 0 Å². The quantitative estimate of drug-likeness (QED) is 0.416. The van der Waals surface area contributed by atoms with E-state index in [4.69, 9.17) is 8.84 Å². The maximum absolute atomic E-state index is 6.47. The normalized spacial score (nSPS) is 12.3. The molecule has 0 aliphatic rings. The van der Waals surface area contributed by atoms with Crippen molar-refractivity contribution in [2.45, 2.75) is 80.4 Å². The van der Waals surface area contributed by atoms with Crippen LogP contribution < -0.4 is 4.43 Å². The minimum absolute atomic E-state index is 0.168. The van der Waals surface area contributed by atoms with Gasteiger partial charge in [0.15, 0.2) is 5.75 Å². The van der Waals surface area contributed by atoms with E-state index in [1.54, 1.807) is 6.26 Å². The summed E-state index contributed by atoms with van der Waals surface area (Å²) in [4.78, 5) is 2.38. The third kappa shape index (κ3) is 5.42. The fraction of sp³-hybridized carbons (Fsp3) is 0.652. The van der Waals surface area contributed by atoms with E-state index in [1.165, 1.54) is 36.3 Å². The summed E-state index contributed by atoms with van der Waals surface area (Å²) in [7, 11) is -1.87. The fourth-order valence-corrected chi connectivity index (χ4v) is 4.37. The molecule has 1 heterocycles. The first-order valence-electron chi connectivity index (χ1n) is 10.4. The van der Waals surface area contributed by atoms with E-state index in [0.717, 1.165) is 21.2 Å². The van der Waals surface area contributed by atoms with Crippen LogP contribution in [0.3, 0.4) is 0 Å². The third-order valence-electron chi connectivity index (χ3n) is 6.21. The minimum Gasteiger partial charge on any atom is -0.541 e. The molecule has 3 nitrogen and oxygen atoms in total. The van der Waals surface area contributed by atoms with Crippen LogP contribution in [0.15, 0.2) is 15.2 Å². The van der Waals surface area contributed by atoms with Gasteiger partial charge in [-0.05, 0) is 75.2 Å². The molecule has 5 heteroatoms. The zero-order valence-corrected chi connectivity index (χ0v) is 22.4. The minimum atomic E-state index is -1.87. The monoisotopic (exact) mass is 469 g/mol. The first kappa shape index (κ1) is 25.3. The highest BCUT2D eigenvalue weighted by Crippen LogP contribution is 2.43. The first-order valence-corrected chi connectivity index (χ1v) is 14.1. The van der Waals surface area contributed by atoms with Crippen molar-refractivity contribution in [3.05, 3.63) is 27.4 Å². The van der Waals surface area contributed by atoms with Crippen molar-refractivity contribution in [2.24, 2.45) is 0 Å². The molecular weight excluding hydrogens is 430 g/mol. The summed E-state index contributed by atoms with van der Waals surface area (Å²) in [5.41, 5.74) is 4.54. The lowest BCUT2D eigenvalue weighted by atomic mass is 10.0. The smallest absolute Gasteiger partial charge is 0.250 e. The number of halogens is 1. The highest BCUT2D eigenvalue weighted by molar-refractivity contribution is 9.10. The Balaban J connectivity index is 0.000000480. The molecule has 0 aliphatic carbocycles. The number of rotatable bonds is 5. The lowest BCUT2D eigenvalue weighted by Gasteiger charge is -2.36. The van der Waals surface area contributed by atoms with E-state index in [2.05, 4.69) is 96.2 Å². The number of nitrogens with zero attached hydrogens (tertiary/aromatic N) is 1. The van der Waals surface area contributed by atoms with Crippen LogP contribution in [0.2, 0.25) is 18.1 Å². The summed E-state index contributed by atoms with van der Waals surface area (Å²) >= 11 is 3.70. The van der Waals surface area contributed by atoms with Gasteiger partial charge in [0.2, 0.25) is 0 Å². The van der Waals surface area contributed by atoms with Gasteiger partial charge in [-0.25, -0.2) is 0 Å². The lowest BCUT2D eigenvalue weighted by molar-refractivity contribution is 0.321. The van der Waals surface area contributed by atoms with Crippen LogP contribution in [-0.2, 0) is 0 Å². The molecule has 2 rings (SSSR count). The summed E-state index contributed by atoms with van der Waals surface area (Å²) in [6.07, 6.45) is 1.77. The van der Waals surface area contributed by atoms with Crippen LogP contribution >= 0.6 is 15.9 Å². The maximum Gasteiger partial charge on any atom is 0.250 e. The molecule has 0 fully saturated rings. The predicted octanol–water partition coefficient (Wildman–Crippen LogP) is 7.85. The molecule has 0 radical (unpaired) electrons. The Morgan fingerprint density at radius 1 is 0.964 bits per heavy atom. The SMILES string of the molecule is CCN(CC)CC.Cc1c(Br)c(C)c2c(O[Si](C)(C)C(C)(C)C)coc2c1C. The molecule has 0 bridgehead atoms. The second-order valence-electron chi connectivity index (χ2n) is 8.97. The molecule has 1 aromatic carbocycles. The Hall–Kier alpha value is -0.783. The zero-order valence-electron chi connectivity index (χ0n) is 19.8. The van der Waals surface area contributed by atoms with E-state index in [9.17, 15) is 0 Å². The van der Waals surface area contributed by atoms with E-state index >= 15 is 0 Å². The number of hydrogen-bond acceptors (Lipinski definition) is 3. The molecule has 1 aromatic heterocycles. The summed E-state index contributed by atoms with van der Waals surface area (Å²) in [5.74, 6) is 0.887. The Morgan fingerprint density at radius 2 is 1.46 bits per heavy atom. The van der Waals surface area contributed by atoms with Crippen molar-refractivity contribution in [1.82, 2.24) is 4.90 Å². The molecule has 0 saturated carbocycles. The molecular formula is C23H40BrNO2Si. The molecule has 28 heavy (non-hydrogen) atoms. The van der Waals surface area contributed by atoms with E-state index in [-0.39, 0.29) is 5.04 Å². The van der Waals surface area contributed by atoms with Crippen LogP contribution in [0.5, 0.6) is 5.75 Å². The number of hydrogen-bond donors (Lipinski definition) is 0. The first-order chi connectivity index (χ1) is 12.8. The van der Waals surface area contributed by atoms with E-state index in [0.29, 0.717) is 0 Å². The van der Waals surface area contributed by atoms with Gasteiger partial charge in [0.05, 0.1) is 5.39 Å². The molecule has 0 saturated heterocycles. The Kier molecular flexibility index (Phi) is 8.85. The number of aryl methyl sites for hydroxylation is 2. The predicted molar refractivity (Wildman–Crippen MR) is 129 cm³/mol. The standard InChI is InChI=1S/C17H25BrO2Si.C6H15N/c1-10-11(2)16-14(12(3)15(10)18)13(9-19-16)20-21(7,8)17(4,5)6;1-4-7(5-2)6-3/h9H,1-8H3;4-6H2,1-3H3. The largest absolute Gasteiger partial charge is 0.541 e. The van der Waals surface area contributed by atoms with Gasteiger partial charge in [-0.15, -0.1) is 0 Å². The molecule has 0 aliphatic heterocycles. The van der Waals surface area contributed by atoms with Crippen molar-refractivity contribution in [3.8, 4) is 5.75 Å². The molecule has 0 spiro atoms. The fourth-order valence-electron chi connectivity index (χ4n) is 2.87. The Bertz CT molecular complexity index is 781. The van der Waals surface area contributed by atoms with Crippen molar-refractivity contribution in [1.29, 1.82) is 0 Å². The topological polar surface area (TPSA) is 25.6 Å². The summed E-state index contributed by atoms with van der Waals surface area (Å²) in [5, 5.41) is 1.27. The van der Waals surface area contributed by atoms with Gasteiger partial charge in [-0.1, -0.05) is 57.5 Å². The van der Waals surface area contributed by atoms with Crippen LogP contribution in [0.4, 0.5) is 0 Å². The van der Waals surface area contributed by atoms with E-state index in [1.807, 2.05) is 0 Å². The van der Waals surface area contributed by atoms with Gasteiger partial charge in [-0.3, -0.25) is 0 Å². The number of fused-ring (bicyclic) bond motifs is 1. The number of benzene rings is 1. The highest BCUT2D eigenvalue weighted by atomic mass is 79.9. The third-order valence-corrected chi connectivity index (χ3v) is 11.7. The lowest BCUT2D eigenvalue weighted by Crippen LogP contribution is -2.43. The molecule has 0 N–H and O–H groups in total. The van der Waals surface area contributed by atoms with Crippen LogP contribution in [0, 0.1) is 20.8 Å². The van der Waals surface area contributed by atoms with Gasteiger partial charge in [0.25, 0.3) is 8.32 Å². The van der Waals surface area contributed by atoms with Crippen LogP contribution in [0.1, 0.15) is 58.2 Å². The summed E-state index contributed by atoms with van der Waals surface area (Å²) in [6, 6.07) is 0. The van der Waals surface area contributed by atoms with Gasteiger partial charge >= 0.3 is 0 Å². The van der Waals surface area contributed by atoms with Crippen molar-refractivity contribution < 1.29 is 8.84 Å². The van der Waals surface area contributed by atoms with Crippen LogP contribution in [0.25, 0.3) is 11.0 Å². The molecule has 160 valence electrons. The zero-order chi connectivity index (χ0) is 21.9. The maximum atomic E-state index is 6.47. The molecule has 2 aromatic rings. The second-order valence-corrected chi connectivity index (χ2v) is 14.5. The highest BCUT2D eigenvalue weighted by Gasteiger charge is 2.39. The van der Waals surface area contributed by atoms with Gasteiger partial charge in [0.1, 0.15) is 11.8 Å². The van der Waals surface area contributed by atoms with Crippen LogP contribution in [-0.4, -0.2) is 32.9 Å². The molecule has 0 atom stereocenters.